The van der Waals surface area contributed by atoms with E-state index in [9.17, 15) is 4.79 Å². The highest BCUT2D eigenvalue weighted by Crippen LogP contribution is 2.36. The minimum Gasteiger partial charge on any atom is -0.396 e. The van der Waals surface area contributed by atoms with Gasteiger partial charge < -0.3 is 11.1 Å². The molecule has 1 aliphatic rings. The number of nitrogen functional groups attached to an aromatic ring is 1. The van der Waals surface area contributed by atoms with E-state index in [0.717, 1.165) is 12.8 Å². The Kier molecular flexibility index (Phi) is 4.42. The molecule has 22 heavy (non-hydrogen) atoms. The zero-order valence-corrected chi connectivity index (χ0v) is 13.6. The number of nitrogens with one attached hydrogen (secondary N) is 1. The number of hydrogen-bond donors (Lipinski definition) is 2. The van der Waals surface area contributed by atoms with Crippen LogP contribution in [0.2, 0.25) is 10.0 Å². The van der Waals surface area contributed by atoms with Crippen molar-refractivity contribution in [3.8, 4) is 0 Å². The van der Waals surface area contributed by atoms with E-state index in [0.29, 0.717) is 32.6 Å². The summed E-state index contributed by atoms with van der Waals surface area (Å²) in [5.41, 5.74) is 6.44. The quantitative estimate of drug-likeness (QED) is 0.629. The SMILES string of the molecule is Nc1c(Cl)cc(NC(=O)CSc2nnnn2C2CC2)cc1Cl. The first-order valence-electron chi connectivity index (χ1n) is 6.49. The highest BCUT2D eigenvalue weighted by molar-refractivity contribution is 7.99. The highest BCUT2D eigenvalue weighted by atomic mass is 35.5. The highest BCUT2D eigenvalue weighted by Gasteiger charge is 2.28. The van der Waals surface area contributed by atoms with Crippen LogP contribution in [0.15, 0.2) is 17.3 Å². The van der Waals surface area contributed by atoms with Gasteiger partial charge in [-0.25, -0.2) is 4.68 Å². The second kappa shape index (κ2) is 6.31. The molecule has 0 aliphatic heterocycles. The van der Waals surface area contributed by atoms with Crippen LogP contribution in [0.5, 0.6) is 0 Å². The number of amides is 1. The lowest BCUT2D eigenvalue weighted by Crippen LogP contribution is -2.15. The number of nitrogens with two attached hydrogens (primary N) is 1. The van der Waals surface area contributed by atoms with Crippen LogP contribution in [0.25, 0.3) is 0 Å². The Morgan fingerprint density at radius 3 is 2.73 bits per heavy atom. The smallest absolute Gasteiger partial charge is 0.234 e. The summed E-state index contributed by atoms with van der Waals surface area (Å²) in [6, 6.07) is 3.48. The Labute approximate surface area is 140 Å². The van der Waals surface area contributed by atoms with E-state index >= 15 is 0 Å². The van der Waals surface area contributed by atoms with Crippen molar-refractivity contribution in [3.05, 3.63) is 22.2 Å². The van der Waals surface area contributed by atoms with Gasteiger partial charge in [0.2, 0.25) is 11.1 Å². The Bertz CT molecular complexity index is 694. The summed E-state index contributed by atoms with van der Waals surface area (Å²) in [6.07, 6.45) is 2.15. The first kappa shape index (κ1) is 15.4. The fraction of sp³-hybridized carbons (Fsp3) is 0.333. The summed E-state index contributed by atoms with van der Waals surface area (Å²) in [5, 5.41) is 15.4. The van der Waals surface area contributed by atoms with Crippen LogP contribution in [-0.2, 0) is 4.79 Å². The molecule has 7 nitrogen and oxygen atoms in total. The number of rotatable bonds is 5. The number of benzene rings is 1. The first-order chi connectivity index (χ1) is 10.5. The third-order valence-electron chi connectivity index (χ3n) is 3.05. The molecule has 0 atom stereocenters. The van der Waals surface area contributed by atoms with Crippen molar-refractivity contribution in [1.82, 2.24) is 20.2 Å². The maximum Gasteiger partial charge on any atom is 0.234 e. The normalized spacial score (nSPS) is 14.1. The molecule has 0 spiro atoms. The molecular weight excluding hydrogens is 347 g/mol. The zero-order valence-electron chi connectivity index (χ0n) is 11.3. The Hall–Kier alpha value is -1.51. The lowest BCUT2D eigenvalue weighted by molar-refractivity contribution is -0.113. The molecule has 0 saturated heterocycles. The van der Waals surface area contributed by atoms with Crippen molar-refractivity contribution in [2.75, 3.05) is 16.8 Å². The largest absolute Gasteiger partial charge is 0.396 e. The van der Waals surface area contributed by atoms with Crippen LogP contribution >= 0.6 is 35.0 Å². The molecule has 0 bridgehead atoms. The number of anilines is 2. The maximum absolute atomic E-state index is 12.0. The van der Waals surface area contributed by atoms with E-state index in [1.807, 2.05) is 0 Å². The van der Waals surface area contributed by atoms with Gasteiger partial charge in [0.05, 0.1) is 27.5 Å². The van der Waals surface area contributed by atoms with Crippen LogP contribution in [0.3, 0.4) is 0 Å². The third-order valence-corrected chi connectivity index (χ3v) is 4.61. The Balaban J connectivity index is 1.59. The van der Waals surface area contributed by atoms with E-state index < -0.39 is 0 Å². The van der Waals surface area contributed by atoms with Gasteiger partial charge in [-0.1, -0.05) is 35.0 Å². The minimum atomic E-state index is -0.202. The number of carbonyl (C=O) groups excluding carboxylic acids is 1. The lowest BCUT2D eigenvalue weighted by Gasteiger charge is -2.08. The molecule has 1 amide bonds. The molecule has 1 heterocycles. The number of nitrogens with zero attached hydrogens (tertiary/aromatic N) is 4. The number of thioether (sulfide) groups is 1. The van der Waals surface area contributed by atoms with Crippen LogP contribution in [-0.4, -0.2) is 31.9 Å². The van der Waals surface area contributed by atoms with Gasteiger partial charge in [0.25, 0.3) is 0 Å². The first-order valence-corrected chi connectivity index (χ1v) is 8.24. The van der Waals surface area contributed by atoms with Crippen LogP contribution in [0.1, 0.15) is 18.9 Å². The minimum absolute atomic E-state index is 0.187. The number of halogens is 2. The van der Waals surface area contributed by atoms with Crippen LogP contribution in [0.4, 0.5) is 11.4 Å². The molecule has 0 unspecified atom stereocenters. The fourth-order valence-corrected chi connectivity index (χ4v) is 3.04. The van der Waals surface area contributed by atoms with Crippen molar-refractivity contribution < 1.29 is 4.79 Å². The van der Waals surface area contributed by atoms with Crippen molar-refractivity contribution in [2.24, 2.45) is 0 Å². The molecule has 3 N–H and O–H groups in total. The molecule has 1 aromatic carbocycles. The number of aromatic nitrogens is 4. The molecule has 3 rings (SSSR count). The van der Waals surface area contributed by atoms with Gasteiger partial charge in [0, 0.05) is 5.69 Å². The topological polar surface area (TPSA) is 98.7 Å². The van der Waals surface area contributed by atoms with Gasteiger partial charge in [-0.05, 0) is 35.4 Å². The maximum atomic E-state index is 12.0. The molecule has 1 aliphatic carbocycles. The average molecular weight is 359 g/mol. The summed E-state index contributed by atoms with van der Waals surface area (Å²) in [4.78, 5) is 12.0. The molecule has 2 aromatic rings. The summed E-state index contributed by atoms with van der Waals surface area (Å²) in [5.74, 6) is -0.0144. The third kappa shape index (κ3) is 3.45. The molecular formula is C12H12Cl2N6OS. The summed E-state index contributed by atoms with van der Waals surface area (Å²) < 4.78 is 1.76. The lowest BCUT2D eigenvalue weighted by atomic mass is 10.3. The standard InChI is InChI=1S/C12H12Cl2N6OS/c13-8-3-6(4-9(14)11(8)15)16-10(21)5-22-12-17-18-19-20(12)7-1-2-7/h3-4,7H,1-2,5,15H2,(H,16,21). The van der Waals surface area contributed by atoms with E-state index in [-0.39, 0.29) is 11.7 Å². The number of tetrazole rings is 1. The predicted octanol–water partition coefficient (Wildman–Crippen LogP) is 2.63. The van der Waals surface area contributed by atoms with Gasteiger partial charge in [0.15, 0.2) is 0 Å². The molecule has 116 valence electrons. The second-order valence-electron chi connectivity index (χ2n) is 4.83. The van der Waals surface area contributed by atoms with Gasteiger partial charge in [-0.15, -0.1) is 5.10 Å². The van der Waals surface area contributed by atoms with Gasteiger partial charge >= 0.3 is 0 Å². The molecule has 0 radical (unpaired) electrons. The van der Waals surface area contributed by atoms with E-state index in [1.54, 1.807) is 16.8 Å². The summed E-state index contributed by atoms with van der Waals surface area (Å²) >= 11 is 13.1. The van der Waals surface area contributed by atoms with Crippen molar-refractivity contribution in [1.29, 1.82) is 0 Å². The van der Waals surface area contributed by atoms with E-state index in [2.05, 4.69) is 20.8 Å². The second-order valence-corrected chi connectivity index (χ2v) is 6.58. The zero-order chi connectivity index (χ0) is 15.7. The average Bonchev–Trinajstić information content (AvgIpc) is 3.21. The Morgan fingerprint density at radius 2 is 2.09 bits per heavy atom. The fourth-order valence-electron chi connectivity index (χ4n) is 1.81. The van der Waals surface area contributed by atoms with Crippen LogP contribution in [0, 0.1) is 0 Å². The predicted molar refractivity (Wildman–Crippen MR) is 86.3 cm³/mol. The number of carbonyl (C=O) groups is 1. The van der Waals surface area contributed by atoms with E-state index in [1.165, 1.54) is 11.8 Å². The molecule has 1 saturated carbocycles. The summed E-state index contributed by atoms with van der Waals surface area (Å²) in [7, 11) is 0. The van der Waals surface area contributed by atoms with Gasteiger partial charge in [0.1, 0.15) is 0 Å². The molecule has 1 aromatic heterocycles. The van der Waals surface area contributed by atoms with E-state index in [4.69, 9.17) is 28.9 Å². The van der Waals surface area contributed by atoms with Gasteiger partial charge in [-0.3, -0.25) is 4.79 Å². The van der Waals surface area contributed by atoms with Gasteiger partial charge in [-0.2, -0.15) is 0 Å². The molecule has 1 fully saturated rings. The number of hydrogen-bond acceptors (Lipinski definition) is 6. The Morgan fingerprint density at radius 1 is 1.41 bits per heavy atom. The summed E-state index contributed by atoms with van der Waals surface area (Å²) in [6.45, 7) is 0. The van der Waals surface area contributed by atoms with Crippen LogP contribution < -0.4 is 11.1 Å². The van der Waals surface area contributed by atoms with Crippen molar-refractivity contribution >= 4 is 52.2 Å². The van der Waals surface area contributed by atoms with Crippen molar-refractivity contribution in [3.63, 3.8) is 0 Å². The van der Waals surface area contributed by atoms with Crippen molar-refractivity contribution in [2.45, 2.75) is 24.0 Å². The molecule has 10 heteroatoms. The monoisotopic (exact) mass is 358 g/mol.